The molecule has 4 N–H and O–H groups in total. The lowest BCUT2D eigenvalue weighted by Crippen LogP contribution is -2.38. The zero-order valence-electron chi connectivity index (χ0n) is 26.5. The van der Waals surface area contributed by atoms with Gasteiger partial charge in [-0.1, -0.05) is 79.7 Å². The molecule has 4 aromatic rings. The monoisotopic (exact) mass is 670 g/mol. The molecule has 1 saturated heterocycles. The van der Waals surface area contributed by atoms with Crippen molar-refractivity contribution in [1.29, 1.82) is 0 Å². The highest BCUT2D eigenvalue weighted by Crippen LogP contribution is 2.43. The number of amides is 1. The van der Waals surface area contributed by atoms with Crippen molar-refractivity contribution in [2.24, 2.45) is 5.92 Å². The van der Waals surface area contributed by atoms with E-state index >= 15 is 0 Å². The van der Waals surface area contributed by atoms with E-state index in [1.54, 1.807) is 12.3 Å². The number of hydrogen-bond acceptors (Lipinski definition) is 8. The first-order chi connectivity index (χ1) is 23.2. The molecule has 0 radical (unpaired) electrons. The highest BCUT2D eigenvalue weighted by molar-refractivity contribution is 7.99. The van der Waals surface area contributed by atoms with E-state index in [1.807, 2.05) is 79.7 Å². The number of aliphatic hydroxyl groups is 1. The minimum Gasteiger partial charge on any atom is -0.481 e. The number of aliphatic carboxylic acids is 1. The van der Waals surface area contributed by atoms with Crippen LogP contribution in [0.1, 0.15) is 71.2 Å². The fourth-order valence-corrected chi connectivity index (χ4v) is 6.75. The number of nitrogens with zero attached hydrogens (tertiary/aromatic N) is 1. The van der Waals surface area contributed by atoms with Crippen molar-refractivity contribution in [1.82, 2.24) is 10.3 Å². The first kappa shape index (κ1) is 34.8. The van der Waals surface area contributed by atoms with Crippen LogP contribution in [0.25, 0.3) is 11.1 Å². The van der Waals surface area contributed by atoms with Crippen molar-refractivity contribution >= 4 is 29.6 Å². The lowest BCUT2D eigenvalue weighted by atomic mass is 9.91. The van der Waals surface area contributed by atoms with Gasteiger partial charge in [-0.2, -0.15) is 0 Å². The number of pyridine rings is 1. The molecule has 0 saturated carbocycles. The molecule has 1 fully saturated rings. The van der Waals surface area contributed by atoms with Crippen molar-refractivity contribution < 1.29 is 39.2 Å². The Bertz CT molecular complexity index is 1710. The number of benzene rings is 3. The van der Waals surface area contributed by atoms with Gasteiger partial charge in [0.2, 0.25) is 5.91 Å². The Balaban J connectivity index is 1.34. The van der Waals surface area contributed by atoms with Crippen LogP contribution >= 0.6 is 11.8 Å². The molecule has 0 aliphatic carbocycles. The molecule has 250 valence electrons. The van der Waals surface area contributed by atoms with Crippen LogP contribution < -0.4 is 5.32 Å². The number of rotatable bonds is 14. The van der Waals surface area contributed by atoms with Crippen LogP contribution in [0, 0.1) is 5.92 Å². The Labute approximate surface area is 283 Å². The number of carboxylic acid groups (broad SMARTS) is 2. The molecule has 11 heteroatoms. The molecule has 0 unspecified atom stereocenters. The van der Waals surface area contributed by atoms with Gasteiger partial charge < -0.3 is 30.1 Å². The van der Waals surface area contributed by atoms with E-state index in [1.165, 1.54) is 17.8 Å². The molecular weight excluding hydrogens is 632 g/mol. The zero-order chi connectivity index (χ0) is 34.0. The second kappa shape index (κ2) is 16.5. The fourth-order valence-electron chi connectivity index (χ4n) is 5.60. The van der Waals surface area contributed by atoms with E-state index in [0.717, 1.165) is 33.4 Å². The molecule has 0 bridgehead atoms. The van der Waals surface area contributed by atoms with Crippen LogP contribution in [0.5, 0.6) is 0 Å². The smallest absolute Gasteiger partial charge is 0.338 e. The molecule has 1 aliphatic rings. The largest absolute Gasteiger partial charge is 0.481 e. The highest BCUT2D eigenvalue weighted by atomic mass is 32.2. The predicted octanol–water partition coefficient (Wildman–Crippen LogP) is 6.39. The summed E-state index contributed by atoms with van der Waals surface area (Å²) in [5.74, 6) is -1.78. The molecule has 2 heterocycles. The van der Waals surface area contributed by atoms with Crippen LogP contribution in [-0.2, 0) is 32.2 Å². The lowest BCUT2D eigenvalue weighted by molar-refractivity contribution is -0.268. The van der Waals surface area contributed by atoms with E-state index in [2.05, 4.69) is 10.3 Å². The van der Waals surface area contributed by atoms with Crippen molar-refractivity contribution in [3.8, 4) is 11.1 Å². The van der Waals surface area contributed by atoms with E-state index in [0.29, 0.717) is 17.3 Å². The summed E-state index contributed by atoms with van der Waals surface area (Å²) < 4.78 is 13.1. The van der Waals surface area contributed by atoms with Crippen molar-refractivity contribution in [2.45, 2.75) is 62.9 Å². The molecular formula is C37H38N2O8S. The topological polar surface area (TPSA) is 155 Å². The van der Waals surface area contributed by atoms with Gasteiger partial charge in [-0.25, -0.2) is 9.78 Å². The first-order valence-electron chi connectivity index (χ1n) is 15.7. The Morgan fingerprint density at radius 2 is 1.60 bits per heavy atom. The Hall–Kier alpha value is -4.55. The minimum absolute atomic E-state index is 0.0457. The summed E-state index contributed by atoms with van der Waals surface area (Å²) in [6.45, 7) is 2.30. The summed E-state index contributed by atoms with van der Waals surface area (Å²) in [5.41, 5.74) is 5.52. The molecule has 1 aromatic heterocycles. The third kappa shape index (κ3) is 8.87. The van der Waals surface area contributed by atoms with Gasteiger partial charge in [0.25, 0.3) is 0 Å². The maximum atomic E-state index is 12.3. The van der Waals surface area contributed by atoms with Gasteiger partial charge in [0, 0.05) is 42.8 Å². The van der Waals surface area contributed by atoms with E-state index in [-0.39, 0.29) is 55.5 Å². The Kier molecular flexibility index (Phi) is 12.0. The number of hydrogen-bond donors (Lipinski definition) is 4. The van der Waals surface area contributed by atoms with Gasteiger partial charge in [0.15, 0.2) is 6.29 Å². The third-order valence-electron chi connectivity index (χ3n) is 8.29. The first-order valence-corrected chi connectivity index (χ1v) is 16.7. The summed E-state index contributed by atoms with van der Waals surface area (Å²) in [5, 5.41) is 31.3. The molecule has 1 aliphatic heterocycles. The predicted molar refractivity (Wildman–Crippen MR) is 180 cm³/mol. The van der Waals surface area contributed by atoms with Crippen LogP contribution in [0.15, 0.2) is 96.2 Å². The average Bonchev–Trinajstić information content (AvgIpc) is 3.10. The van der Waals surface area contributed by atoms with Gasteiger partial charge in [-0.15, -0.1) is 11.8 Å². The molecule has 5 rings (SSSR count). The normalized spacial score (nSPS) is 19.0. The van der Waals surface area contributed by atoms with E-state index in [9.17, 15) is 24.6 Å². The zero-order valence-corrected chi connectivity index (χ0v) is 27.3. The Morgan fingerprint density at radius 1 is 0.875 bits per heavy atom. The van der Waals surface area contributed by atoms with Crippen LogP contribution in [0.2, 0.25) is 0 Å². The number of carboxylic acids is 2. The molecule has 3 aromatic carbocycles. The van der Waals surface area contributed by atoms with Gasteiger partial charge >= 0.3 is 11.9 Å². The minimum atomic E-state index is -1.04. The number of nitrogens with one attached hydrogen (secondary N) is 1. The van der Waals surface area contributed by atoms with E-state index < -0.39 is 18.2 Å². The van der Waals surface area contributed by atoms with Gasteiger partial charge in [-0.05, 0) is 46.4 Å². The quantitative estimate of drug-likeness (QED) is 0.111. The third-order valence-corrected chi connectivity index (χ3v) is 9.38. The maximum absolute atomic E-state index is 12.3. The lowest BCUT2D eigenvalue weighted by Gasteiger charge is -2.41. The highest BCUT2D eigenvalue weighted by Gasteiger charge is 2.38. The summed E-state index contributed by atoms with van der Waals surface area (Å²) >= 11 is 1.34. The second-order valence-corrected chi connectivity index (χ2v) is 12.6. The van der Waals surface area contributed by atoms with Gasteiger partial charge in [0.1, 0.15) is 5.03 Å². The Morgan fingerprint density at radius 3 is 2.31 bits per heavy atom. The second-order valence-electron chi connectivity index (χ2n) is 11.6. The van der Waals surface area contributed by atoms with Crippen LogP contribution in [0.4, 0.5) is 0 Å². The molecule has 48 heavy (non-hydrogen) atoms. The summed E-state index contributed by atoms with van der Waals surface area (Å²) in [7, 11) is 0. The van der Waals surface area contributed by atoms with Crippen molar-refractivity contribution in [3.63, 3.8) is 0 Å². The molecule has 4 atom stereocenters. The maximum Gasteiger partial charge on any atom is 0.338 e. The SMILES string of the molecule is C[C@@H]1[C@H](CSc2ncccc2C(=O)O)O[C@H](c2ccc(-c3ccccc3CNC(=O)CCCC(=O)O)cc2)O[C@@H]1c1ccc(CO)cc1. The summed E-state index contributed by atoms with van der Waals surface area (Å²) in [4.78, 5) is 39.1. The average molecular weight is 671 g/mol. The molecule has 1 amide bonds. The number of carbonyl (C=O) groups excluding carboxylic acids is 1. The van der Waals surface area contributed by atoms with Crippen LogP contribution in [-0.4, -0.2) is 50.0 Å². The molecule has 10 nitrogen and oxygen atoms in total. The number of ether oxygens (including phenoxy) is 2. The summed E-state index contributed by atoms with van der Waals surface area (Å²) in [6, 6.07) is 26.4. The fraction of sp³-hybridized carbons (Fsp3) is 0.297. The number of aromatic carboxylic acids is 1. The van der Waals surface area contributed by atoms with Crippen molar-refractivity contribution in [3.05, 3.63) is 119 Å². The van der Waals surface area contributed by atoms with Gasteiger partial charge in [0.05, 0.1) is 24.4 Å². The summed E-state index contributed by atoms with van der Waals surface area (Å²) in [6.07, 6.45) is 0.631. The van der Waals surface area contributed by atoms with Crippen molar-refractivity contribution in [2.75, 3.05) is 5.75 Å². The number of aliphatic hydroxyl groups excluding tert-OH is 1. The standard InChI is InChI=1S/C37H38N2O8S/c1-23-31(22-48-35-30(36(44)45)8-5-19-38-35)46-37(47-34(23)26-13-11-24(21-40)12-14-26)27-17-15-25(16-18-27)29-7-3-2-6-28(29)20-39-32(41)9-4-10-33(42)43/h2-3,5-8,11-19,23,31,34,37,40H,4,9-10,20-22H2,1H3,(H,39,41)(H,42,43)(H,44,45)/t23-,31+,34+,37+/m1/s1. The number of thioether (sulfide) groups is 1. The van der Waals surface area contributed by atoms with Gasteiger partial charge in [-0.3, -0.25) is 9.59 Å². The number of aromatic nitrogens is 1. The van der Waals surface area contributed by atoms with E-state index in [4.69, 9.17) is 14.6 Å². The van der Waals surface area contributed by atoms with Crippen LogP contribution in [0.3, 0.4) is 0 Å². The number of carbonyl (C=O) groups is 3. The molecule has 0 spiro atoms.